The molecule has 0 aliphatic carbocycles. The summed E-state index contributed by atoms with van der Waals surface area (Å²) >= 11 is 0. The molecule has 2 aromatic heterocycles. The van der Waals surface area contributed by atoms with E-state index in [2.05, 4.69) is 22.2 Å². The third-order valence-corrected chi connectivity index (χ3v) is 9.16. The Morgan fingerprint density at radius 3 is 2.69 bits per heavy atom. The minimum absolute atomic E-state index is 0.0401. The van der Waals surface area contributed by atoms with E-state index in [1.165, 1.54) is 24.3 Å². The highest BCUT2D eigenvalue weighted by Gasteiger charge is 2.47. The van der Waals surface area contributed by atoms with E-state index in [9.17, 15) is 14.8 Å². The topological polar surface area (TPSA) is 104 Å². The summed E-state index contributed by atoms with van der Waals surface area (Å²) in [6, 6.07) is 7.95. The summed E-state index contributed by atoms with van der Waals surface area (Å²) in [4.78, 5) is 11.9. The number of phenols is 1. The van der Waals surface area contributed by atoms with Crippen molar-refractivity contribution in [1.29, 1.82) is 5.26 Å². The number of benzene rings is 2. The highest BCUT2D eigenvalue weighted by molar-refractivity contribution is 6.06. The second-order valence-corrected chi connectivity index (χ2v) is 11.5. The highest BCUT2D eigenvalue weighted by Crippen LogP contribution is 2.48. The molecular weight excluding hydrogens is 540 g/mol. The molecule has 0 unspecified atom stereocenters. The lowest BCUT2D eigenvalue weighted by Gasteiger charge is -2.43. The lowest BCUT2D eigenvalue weighted by molar-refractivity contribution is 0.00668. The Labute approximate surface area is 239 Å². The summed E-state index contributed by atoms with van der Waals surface area (Å²) in [7, 11) is 0. The Bertz CT molecular complexity index is 1930. The molecule has 0 amide bonds. The van der Waals surface area contributed by atoms with Gasteiger partial charge in [-0.3, -0.25) is 0 Å². The van der Waals surface area contributed by atoms with Gasteiger partial charge in [0, 0.05) is 40.9 Å². The molecule has 0 radical (unpaired) electrons. The number of terminal acetylenes is 1. The van der Waals surface area contributed by atoms with Crippen molar-refractivity contribution in [3.05, 3.63) is 52.7 Å². The molecule has 4 aromatic rings. The zero-order chi connectivity index (χ0) is 28.9. The molecule has 2 N–H and O–H groups in total. The fourth-order valence-electron chi connectivity index (χ4n) is 7.26. The largest absolute Gasteiger partial charge is 0.508 e. The van der Waals surface area contributed by atoms with Gasteiger partial charge in [-0.15, -0.1) is 6.42 Å². The van der Waals surface area contributed by atoms with E-state index in [0.29, 0.717) is 42.0 Å². The standard InChI is InChI=1S/C32H25F2N5O3/c1-3-19-22(33)6-4-15-8-18(40)9-20(24(15)19)29-27(34)25-21(10-35)28(16-12-41-13-16)37-31-26(25)32(38-29)42-14(2)30-23-7-5-17(36-23)11-39(30)31/h1,4,6,8-9,14,16-17,23,30,36,40H,5,7,11-13H2,2H3/t14-,17+,23-,30+/m0/s1. The van der Waals surface area contributed by atoms with E-state index in [4.69, 9.17) is 25.9 Å². The van der Waals surface area contributed by atoms with Gasteiger partial charge >= 0.3 is 0 Å². The number of rotatable bonds is 2. The van der Waals surface area contributed by atoms with Gasteiger partial charge in [-0.2, -0.15) is 5.26 Å². The fraction of sp³-hybridized carbons (Fsp3) is 0.344. The number of anilines is 1. The Morgan fingerprint density at radius 2 is 1.95 bits per heavy atom. The number of ether oxygens (including phenoxy) is 2. The van der Waals surface area contributed by atoms with Gasteiger partial charge in [-0.1, -0.05) is 12.0 Å². The van der Waals surface area contributed by atoms with Gasteiger partial charge in [0.15, 0.2) is 5.82 Å². The number of nitrogens with zero attached hydrogens (tertiary/aromatic N) is 4. The summed E-state index contributed by atoms with van der Waals surface area (Å²) in [6.45, 7) is 3.38. The van der Waals surface area contributed by atoms with Crippen LogP contribution in [0.1, 0.15) is 42.5 Å². The average molecular weight is 566 g/mol. The summed E-state index contributed by atoms with van der Waals surface area (Å²) in [5.41, 5.74) is 0.388. The highest BCUT2D eigenvalue weighted by atomic mass is 19.1. The molecule has 2 aromatic carbocycles. The Balaban J connectivity index is 1.50. The normalized spacial score (nSPS) is 24.5. The number of aromatic hydroxyl groups is 1. The van der Waals surface area contributed by atoms with E-state index in [1.54, 1.807) is 0 Å². The van der Waals surface area contributed by atoms with Crippen LogP contribution in [0, 0.1) is 35.3 Å². The van der Waals surface area contributed by atoms with Gasteiger partial charge in [-0.05, 0) is 43.4 Å². The molecule has 8 rings (SSSR count). The van der Waals surface area contributed by atoms with Crippen molar-refractivity contribution in [3.63, 3.8) is 0 Å². The number of fused-ring (bicyclic) bond motifs is 6. The number of halogens is 2. The van der Waals surface area contributed by atoms with E-state index < -0.39 is 11.6 Å². The van der Waals surface area contributed by atoms with Crippen LogP contribution < -0.4 is 15.0 Å². The van der Waals surface area contributed by atoms with Gasteiger partial charge in [0.05, 0.1) is 41.5 Å². The van der Waals surface area contributed by atoms with Gasteiger partial charge < -0.3 is 24.8 Å². The van der Waals surface area contributed by atoms with Crippen LogP contribution in [0.15, 0.2) is 24.3 Å². The molecule has 4 aliphatic heterocycles. The third kappa shape index (κ3) is 3.40. The van der Waals surface area contributed by atoms with Crippen molar-refractivity contribution in [2.24, 2.45) is 0 Å². The number of hydrogen-bond acceptors (Lipinski definition) is 8. The number of phenolic OH excluding ortho intramolecular Hbond substituents is 1. The molecule has 8 nitrogen and oxygen atoms in total. The quantitative estimate of drug-likeness (QED) is 0.343. The molecule has 2 bridgehead atoms. The average Bonchev–Trinajstić information content (AvgIpc) is 3.27. The first-order chi connectivity index (χ1) is 20.4. The zero-order valence-electron chi connectivity index (χ0n) is 22.6. The molecular formula is C32H25F2N5O3. The predicted octanol–water partition coefficient (Wildman–Crippen LogP) is 4.49. The molecule has 42 heavy (non-hydrogen) atoms. The van der Waals surface area contributed by atoms with Crippen molar-refractivity contribution in [1.82, 2.24) is 15.3 Å². The lowest BCUT2D eigenvalue weighted by atomic mass is 9.92. The summed E-state index contributed by atoms with van der Waals surface area (Å²) < 4.78 is 44.0. The predicted molar refractivity (Wildman–Crippen MR) is 151 cm³/mol. The van der Waals surface area contributed by atoms with Gasteiger partial charge in [0.2, 0.25) is 5.88 Å². The zero-order valence-corrected chi connectivity index (χ0v) is 22.6. The van der Waals surface area contributed by atoms with Crippen LogP contribution in [0.2, 0.25) is 0 Å². The monoisotopic (exact) mass is 565 g/mol. The Hall–Kier alpha value is -4.51. The summed E-state index contributed by atoms with van der Waals surface area (Å²) in [5.74, 6) is 1.27. The Kier molecular flexibility index (Phi) is 5.40. The molecule has 10 heteroatoms. The number of nitriles is 1. The van der Waals surface area contributed by atoms with Gasteiger partial charge in [0.25, 0.3) is 0 Å². The van der Waals surface area contributed by atoms with Crippen LogP contribution in [-0.2, 0) is 4.74 Å². The molecule has 3 fully saturated rings. The van der Waals surface area contributed by atoms with E-state index in [1.807, 2.05) is 6.92 Å². The summed E-state index contributed by atoms with van der Waals surface area (Å²) in [5, 5.41) is 25.8. The Morgan fingerprint density at radius 1 is 1.12 bits per heavy atom. The lowest BCUT2D eigenvalue weighted by Crippen LogP contribution is -2.62. The molecule has 4 aliphatic rings. The van der Waals surface area contributed by atoms with E-state index >= 15 is 4.39 Å². The molecule has 210 valence electrons. The van der Waals surface area contributed by atoms with E-state index in [-0.39, 0.29) is 74.9 Å². The minimum Gasteiger partial charge on any atom is -0.508 e. The second kappa shape index (κ2) is 8.99. The minimum atomic E-state index is -0.789. The number of hydrogen-bond donors (Lipinski definition) is 2. The van der Waals surface area contributed by atoms with Crippen LogP contribution in [0.3, 0.4) is 0 Å². The van der Waals surface area contributed by atoms with Gasteiger partial charge in [0.1, 0.15) is 35.3 Å². The molecule has 4 atom stereocenters. The fourth-order valence-corrected chi connectivity index (χ4v) is 7.26. The van der Waals surface area contributed by atoms with Crippen molar-refractivity contribution < 1.29 is 23.4 Å². The van der Waals surface area contributed by atoms with Crippen LogP contribution in [0.4, 0.5) is 14.6 Å². The maximum Gasteiger partial charge on any atom is 0.226 e. The SMILES string of the molecule is C#Cc1c(F)ccc2cc(O)cc(-c3nc4c5c(nc(C6COC6)c(C#N)c5c3F)N3C[C@H]5CC[C@H](N5)[C@H]3[C@H](C)O4)c12. The van der Waals surface area contributed by atoms with Crippen LogP contribution in [-0.4, -0.2) is 59.1 Å². The van der Waals surface area contributed by atoms with Crippen LogP contribution >= 0.6 is 0 Å². The molecule has 3 saturated heterocycles. The number of aromatic nitrogens is 2. The van der Waals surface area contributed by atoms with Crippen molar-refractivity contribution >= 4 is 27.4 Å². The smallest absolute Gasteiger partial charge is 0.226 e. The first kappa shape index (κ1) is 25.2. The van der Waals surface area contributed by atoms with Crippen LogP contribution in [0.5, 0.6) is 11.6 Å². The van der Waals surface area contributed by atoms with Crippen molar-refractivity contribution in [3.8, 4) is 41.3 Å². The van der Waals surface area contributed by atoms with E-state index in [0.717, 1.165) is 12.8 Å². The number of nitrogens with one attached hydrogen (secondary N) is 1. The maximum absolute atomic E-state index is 17.1. The molecule has 0 spiro atoms. The second-order valence-electron chi connectivity index (χ2n) is 11.5. The van der Waals surface area contributed by atoms with Crippen LogP contribution in [0.25, 0.3) is 32.8 Å². The third-order valence-electron chi connectivity index (χ3n) is 9.16. The van der Waals surface area contributed by atoms with Crippen molar-refractivity contribution in [2.75, 3.05) is 24.7 Å². The molecule has 6 heterocycles. The first-order valence-corrected chi connectivity index (χ1v) is 14.0. The summed E-state index contributed by atoms with van der Waals surface area (Å²) in [6.07, 6.45) is 7.34. The van der Waals surface area contributed by atoms with Crippen molar-refractivity contribution in [2.45, 2.75) is 49.9 Å². The number of pyridine rings is 2. The first-order valence-electron chi connectivity index (χ1n) is 14.0. The molecule has 0 saturated carbocycles. The maximum atomic E-state index is 17.1. The number of piperazine rings is 1. The van der Waals surface area contributed by atoms with Gasteiger partial charge in [-0.25, -0.2) is 18.7 Å².